The summed E-state index contributed by atoms with van der Waals surface area (Å²) in [5.41, 5.74) is 7.79. The number of hydrogen-bond donors (Lipinski definition) is 4. The fourth-order valence-corrected chi connectivity index (χ4v) is 1.58. The predicted molar refractivity (Wildman–Crippen MR) is 66.3 cm³/mol. The topological polar surface area (TPSA) is 102 Å². The summed E-state index contributed by atoms with van der Waals surface area (Å²) in [5, 5.41) is 8.11. The lowest BCUT2D eigenvalue weighted by Gasteiger charge is -2.09. The molecular weight excluding hydrogens is 216 g/mol. The van der Waals surface area contributed by atoms with Gasteiger partial charge in [0.1, 0.15) is 0 Å². The maximum Gasteiger partial charge on any atom is 0.162 e. The first-order valence-corrected chi connectivity index (χ1v) is 5.17. The fraction of sp³-hybridized carbons (Fsp3) is 0.0909. The molecule has 0 aliphatic carbocycles. The van der Waals surface area contributed by atoms with Gasteiger partial charge in [0.05, 0.1) is 5.69 Å². The normalized spacial score (nSPS) is 10.2. The van der Waals surface area contributed by atoms with Crippen molar-refractivity contribution in [1.82, 2.24) is 15.6 Å². The molecule has 6 nitrogen and oxygen atoms in total. The Bertz CT molecular complexity index is 485. The number of nitrogens with zero attached hydrogens (tertiary/aromatic N) is 2. The van der Waals surface area contributed by atoms with Crippen molar-refractivity contribution in [1.29, 1.82) is 0 Å². The number of aromatic nitrogens is 2. The number of hydrogen-bond acceptors (Lipinski definition) is 6. The summed E-state index contributed by atoms with van der Waals surface area (Å²) in [4.78, 5) is 0. The average molecular weight is 230 g/mol. The number of nitrogens with two attached hydrogens (primary N) is 2. The number of benzene rings is 1. The SMILES string of the molecule is NNCc1cc(NN)nnc1-c1ccccc1. The standard InChI is InChI=1S/C11H14N6/c12-14-7-9-6-10(15-13)16-17-11(9)8-4-2-1-3-5-8/h1-6,14H,7,12-13H2,(H,15,16). The van der Waals surface area contributed by atoms with Gasteiger partial charge in [0, 0.05) is 12.1 Å². The van der Waals surface area contributed by atoms with Crippen LogP contribution in [0.2, 0.25) is 0 Å². The third-order valence-electron chi connectivity index (χ3n) is 2.36. The smallest absolute Gasteiger partial charge is 0.162 e. The molecule has 2 rings (SSSR count). The molecular formula is C11H14N6. The van der Waals surface area contributed by atoms with E-state index in [-0.39, 0.29) is 0 Å². The van der Waals surface area contributed by atoms with Gasteiger partial charge in [-0.15, -0.1) is 10.2 Å². The van der Waals surface area contributed by atoms with E-state index in [1.165, 1.54) is 0 Å². The van der Waals surface area contributed by atoms with E-state index in [1.54, 1.807) is 0 Å². The Morgan fingerprint density at radius 3 is 2.47 bits per heavy atom. The van der Waals surface area contributed by atoms with E-state index >= 15 is 0 Å². The molecule has 0 saturated heterocycles. The molecule has 0 aliphatic rings. The second-order valence-corrected chi connectivity index (χ2v) is 3.49. The maximum absolute atomic E-state index is 5.35. The van der Waals surface area contributed by atoms with Gasteiger partial charge < -0.3 is 5.43 Å². The highest BCUT2D eigenvalue weighted by molar-refractivity contribution is 5.63. The Balaban J connectivity index is 2.46. The van der Waals surface area contributed by atoms with E-state index in [0.29, 0.717) is 12.4 Å². The average Bonchev–Trinajstić information content (AvgIpc) is 2.40. The van der Waals surface area contributed by atoms with Crippen LogP contribution in [0.15, 0.2) is 36.4 Å². The summed E-state index contributed by atoms with van der Waals surface area (Å²) in [6.45, 7) is 0.494. The van der Waals surface area contributed by atoms with Gasteiger partial charge in [0.15, 0.2) is 5.82 Å². The Morgan fingerprint density at radius 2 is 1.82 bits per heavy atom. The van der Waals surface area contributed by atoms with Crippen molar-refractivity contribution in [2.75, 3.05) is 5.43 Å². The van der Waals surface area contributed by atoms with Crippen LogP contribution in [0.25, 0.3) is 11.3 Å². The van der Waals surface area contributed by atoms with Crippen LogP contribution in [-0.4, -0.2) is 10.2 Å². The second kappa shape index (κ2) is 5.35. The van der Waals surface area contributed by atoms with Gasteiger partial charge in [-0.05, 0) is 11.6 Å². The van der Waals surface area contributed by atoms with Crippen LogP contribution in [0, 0.1) is 0 Å². The zero-order chi connectivity index (χ0) is 12.1. The summed E-state index contributed by atoms with van der Waals surface area (Å²) < 4.78 is 0. The van der Waals surface area contributed by atoms with Crippen LogP contribution in [-0.2, 0) is 6.54 Å². The summed E-state index contributed by atoms with van der Waals surface area (Å²) in [6, 6.07) is 11.6. The van der Waals surface area contributed by atoms with Crippen molar-refractivity contribution >= 4 is 5.82 Å². The van der Waals surface area contributed by atoms with Crippen LogP contribution >= 0.6 is 0 Å². The molecule has 0 amide bonds. The largest absolute Gasteiger partial charge is 0.307 e. The van der Waals surface area contributed by atoms with Crippen LogP contribution in [0.3, 0.4) is 0 Å². The molecule has 17 heavy (non-hydrogen) atoms. The van der Waals surface area contributed by atoms with Crippen molar-refractivity contribution in [2.45, 2.75) is 6.54 Å². The molecule has 1 aromatic carbocycles. The molecule has 1 aromatic heterocycles. The van der Waals surface area contributed by atoms with E-state index in [4.69, 9.17) is 11.7 Å². The highest BCUT2D eigenvalue weighted by Gasteiger charge is 2.08. The Morgan fingerprint density at radius 1 is 1.06 bits per heavy atom. The highest BCUT2D eigenvalue weighted by Crippen LogP contribution is 2.21. The first-order valence-electron chi connectivity index (χ1n) is 5.17. The van der Waals surface area contributed by atoms with Crippen LogP contribution in [0.5, 0.6) is 0 Å². The Kier molecular flexibility index (Phi) is 3.61. The number of nitrogen functional groups attached to an aromatic ring is 1. The first-order chi connectivity index (χ1) is 8.35. The minimum atomic E-state index is 0.494. The molecule has 88 valence electrons. The van der Waals surface area contributed by atoms with Gasteiger partial charge in [-0.1, -0.05) is 30.3 Å². The van der Waals surface area contributed by atoms with E-state index in [9.17, 15) is 0 Å². The molecule has 0 fully saturated rings. The number of nitrogens with one attached hydrogen (secondary N) is 2. The van der Waals surface area contributed by atoms with Gasteiger partial charge in [0.2, 0.25) is 0 Å². The molecule has 0 spiro atoms. The van der Waals surface area contributed by atoms with Crippen LogP contribution in [0.4, 0.5) is 5.82 Å². The van der Waals surface area contributed by atoms with Gasteiger partial charge in [-0.25, -0.2) is 5.84 Å². The monoisotopic (exact) mass is 230 g/mol. The van der Waals surface area contributed by atoms with E-state index in [1.807, 2.05) is 36.4 Å². The zero-order valence-electron chi connectivity index (χ0n) is 9.22. The lowest BCUT2D eigenvalue weighted by atomic mass is 10.1. The maximum atomic E-state index is 5.35. The summed E-state index contributed by atoms with van der Waals surface area (Å²) in [5.74, 6) is 11.2. The van der Waals surface area contributed by atoms with Crippen LogP contribution < -0.4 is 22.5 Å². The molecule has 0 aliphatic heterocycles. The molecule has 0 bridgehead atoms. The fourth-order valence-electron chi connectivity index (χ4n) is 1.58. The third kappa shape index (κ3) is 2.56. The van der Waals surface area contributed by atoms with E-state index in [0.717, 1.165) is 16.8 Å². The van der Waals surface area contributed by atoms with Gasteiger partial charge in [-0.3, -0.25) is 11.3 Å². The lowest BCUT2D eigenvalue weighted by molar-refractivity contribution is 0.737. The lowest BCUT2D eigenvalue weighted by Crippen LogP contribution is -2.22. The quantitative estimate of drug-likeness (QED) is 0.448. The second-order valence-electron chi connectivity index (χ2n) is 3.49. The summed E-state index contributed by atoms with van der Waals surface area (Å²) in [7, 11) is 0. The molecule has 0 radical (unpaired) electrons. The summed E-state index contributed by atoms with van der Waals surface area (Å²) in [6.07, 6.45) is 0. The van der Waals surface area contributed by atoms with E-state index in [2.05, 4.69) is 21.0 Å². The van der Waals surface area contributed by atoms with Crippen LogP contribution in [0.1, 0.15) is 5.56 Å². The molecule has 1 heterocycles. The van der Waals surface area contributed by atoms with E-state index < -0.39 is 0 Å². The predicted octanol–water partition coefficient (Wildman–Crippen LogP) is 0.392. The minimum absolute atomic E-state index is 0.494. The van der Waals surface area contributed by atoms with Gasteiger partial charge in [0.25, 0.3) is 0 Å². The number of rotatable bonds is 4. The first kappa shape index (κ1) is 11.5. The highest BCUT2D eigenvalue weighted by atomic mass is 15.3. The van der Waals surface area contributed by atoms with Gasteiger partial charge >= 0.3 is 0 Å². The molecule has 0 saturated carbocycles. The Labute approximate surface area is 99.0 Å². The number of anilines is 1. The van der Waals surface area contributed by atoms with Crippen molar-refractivity contribution in [3.8, 4) is 11.3 Å². The molecule has 2 aromatic rings. The van der Waals surface area contributed by atoms with Crippen molar-refractivity contribution < 1.29 is 0 Å². The molecule has 6 heteroatoms. The Hall–Kier alpha value is -2.02. The minimum Gasteiger partial charge on any atom is -0.307 e. The molecule has 0 atom stereocenters. The number of hydrazine groups is 2. The van der Waals surface area contributed by atoms with Gasteiger partial charge in [-0.2, -0.15) is 0 Å². The molecule has 6 N–H and O–H groups in total. The molecule has 0 unspecified atom stereocenters. The van der Waals surface area contributed by atoms with Crippen molar-refractivity contribution in [2.24, 2.45) is 11.7 Å². The third-order valence-corrected chi connectivity index (χ3v) is 2.36. The zero-order valence-corrected chi connectivity index (χ0v) is 9.22. The van der Waals surface area contributed by atoms with Crippen molar-refractivity contribution in [3.05, 3.63) is 42.0 Å². The summed E-state index contributed by atoms with van der Waals surface area (Å²) >= 11 is 0. The van der Waals surface area contributed by atoms with Crippen molar-refractivity contribution in [3.63, 3.8) is 0 Å².